The summed E-state index contributed by atoms with van der Waals surface area (Å²) in [4.78, 5) is 30.1. The molecule has 0 spiro atoms. The van der Waals surface area contributed by atoms with E-state index in [9.17, 15) is 14.0 Å². The summed E-state index contributed by atoms with van der Waals surface area (Å²) in [5.41, 5.74) is 2.59. The van der Waals surface area contributed by atoms with Gasteiger partial charge in [0.2, 0.25) is 0 Å². The largest absolute Gasteiger partial charge is 0.323 e. The summed E-state index contributed by atoms with van der Waals surface area (Å²) in [6.07, 6.45) is 2.46. The van der Waals surface area contributed by atoms with E-state index in [1.54, 1.807) is 16.7 Å². The van der Waals surface area contributed by atoms with Gasteiger partial charge in [0.05, 0.1) is 11.4 Å². The molecule has 29 heavy (non-hydrogen) atoms. The molecule has 2 amide bonds. The average molecular weight is 392 g/mol. The minimum Gasteiger partial charge on any atom is -0.323 e. The Balaban J connectivity index is 1.65. The molecule has 0 bridgehead atoms. The Morgan fingerprint density at radius 3 is 2.41 bits per heavy atom. The van der Waals surface area contributed by atoms with Gasteiger partial charge in [-0.15, -0.1) is 0 Å². The number of nitrogens with one attached hydrogen (secondary N) is 2. The van der Waals surface area contributed by atoms with Gasteiger partial charge in [-0.1, -0.05) is 30.3 Å². The van der Waals surface area contributed by atoms with Crippen molar-refractivity contribution < 1.29 is 14.0 Å². The number of nitrogens with zero attached hydrogens (tertiary/aromatic N) is 2. The molecule has 4 rings (SSSR count). The first-order chi connectivity index (χ1) is 14.0. The lowest BCUT2D eigenvalue weighted by molar-refractivity contribution is 0.101. The number of carbonyl (C=O) groups excluding carboxylic acids is 2. The van der Waals surface area contributed by atoms with E-state index in [4.69, 9.17) is 0 Å². The molecule has 2 N–H and O–H groups in total. The molecule has 2 aromatic carbocycles. The van der Waals surface area contributed by atoms with Crippen LogP contribution in [-0.4, -0.2) is 21.4 Å². The van der Waals surface area contributed by atoms with Gasteiger partial charge in [0.1, 0.15) is 5.82 Å². The van der Waals surface area contributed by atoms with Gasteiger partial charge >= 0.3 is 0 Å². The fraction of sp³-hybridized carbons (Fsp3) is 0.227. The average Bonchev–Trinajstić information content (AvgIpc) is 3.11. The monoisotopic (exact) mass is 392 g/mol. The molecule has 0 radical (unpaired) electrons. The molecule has 0 atom stereocenters. The zero-order valence-corrected chi connectivity index (χ0v) is 16.0. The first kappa shape index (κ1) is 18.9. The molecule has 1 aliphatic rings. The summed E-state index contributed by atoms with van der Waals surface area (Å²) in [5, 5.41) is 5.44. The van der Waals surface area contributed by atoms with Crippen molar-refractivity contribution in [3.8, 4) is 0 Å². The van der Waals surface area contributed by atoms with Crippen molar-refractivity contribution in [1.82, 2.24) is 9.55 Å². The summed E-state index contributed by atoms with van der Waals surface area (Å²) < 4.78 is 15.7. The maximum absolute atomic E-state index is 13.9. The Morgan fingerprint density at radius 1 is 0.966 bits per heavy atom. The third-order valence-corrected chi connectivity index (χ3v) is 5.05. The van der Waals surface area contributed by atoms with Crippen LogP contribution in [0.1, 0.15) is 45.2 Å². The normalized spacial score (nSPS) is 12.9. The number of carbonyl (C=O) groups is 2. The maximum Gasteiger partial charge on any atom is 0.291 e. The summed E-state index contributed by atoms with van der Waals surface area (Å²) in [6, 6.07) is 13.4. The van der Waals surface area contributed by atoms with E-state index in [-0.39, 0.29) is 23.1 Å². The van der Waals surface area contributed by atoms with Gasteiger partial charge in [-0.05, 0) is 49.9 Å². The predicted molar refractivity (Wildman–Crippen MR) is 109 cm³/mol. The topological polar surface area (TPSA) is 76.0 Å². The highest BCUT2D eigenvalue weighted by molar-refractivity contribution is 6.07. The van der Waals surface area contributed by atoms with Crippen molar-refractivity contribution in [2.45, 2.75) is 32.7 Å². The van der Waals surface area contributed by atoms with Crippen LogP contribution in [0.2, 0.25) is 0 Å². The van der Waals surface area contributed by atoms with E-state index in [2.05, 4.69) is 15.6 Å². The number of rotatable bonds is 4. The van der Waals surface area contributed by atoms with Gasteiger partial charge in [-0.2, -0.15) is 0 Å². The van der Waals surface area contributed by atoms with Gasteiger partial charge in [0.15, 0.2) is 11.5 Å². The summed E-state index contributed by atoms with van der Waals surface area (Å²) >= 11 is 0. The molecule has 0 saturated heterocycles. The van der Waals surface area contributed by atoms with Crippen molar-refractivity contribution in [1.29, 1.82) is 0 Å². The molecule has 0 saturated carbocycles. The third-order valence-electron chi connectivity index (χ3n) is 5.05. The van der Waals surface area contributed by atoms with E-state index in [1.165, 1.54) is 12.1 Å². The van der Waals surface area contributed by atoms with Crippen LogP contribution in [0.25, 0.3) is 0 Å². The molecule has 148 valence electrons. The Bertz CT molecular complexity index is 1010. The van der Waals surface area contributed by atoms with Crippen LogP contribution >= 0.6 is 0 Å². The number of benzene rings is 2. The number of aromatic nitrogens is 2. The van der Waals surface area contributed by atoms with Crippen LogP contribution in [0.3, 0.4) is 0 Å². The lowest BCUT2D eigenvalue weighted by atomic mass is 10.1. The summed E-state index contributed by atoms with van der Waals surface area (Å²) in [7, 11) is 0. The number of aryl methyl sites for hydroxylation is 1. The Hall–Kier alpha value is -3.48. The highest BCUT2D eigenvalue weighted by Gasteiger charge is 2.28. The first-order valence-corrected chi connectivity index (χ1v) is 9.57. The van der Waals surface area contributed by atoms with Crippen molar-refractivity contribution in [2.75, 3.05) is 10.6 Å². The number of imidazole rings is 1. The molecule has 1 aliphatic heterocycles. The highest BCUT2D eigenvalue weighted by Crippen LogP contribution is 2.24. The lowest BCUT2D eigenvalue weighted by Gasteiger charge is -2.17. The van der Waals surface area contributed by atoms with Crippen LogP contribution in [0.5, 0.6) is 0 Å². The molecule has 6 nitrogen and oxygen atoms in total. The second-order valence-corrected chi connectivity index (χ2v) is 7.04. The number of halogens is 1. The van der Waals surface area contributed by atoms with E-state index < -0.39 is 11.7 Å². The molecule has 0 unspecified atom stereocenters. The van der Waals surface area contributed by atoms with Crippen molar-refractivity contribution in [2.24, 2.45) is 0 Å². The van der Waals surface area contributed by atoms with Gasteiger partial charge in [-0.25, -0.2) is 9.37 Å². The second kappa shape index (κ2) is 7.87. The minimum absolute atomic E-state index is 0.0842. The zero-order chi connectivity index (χ0) is 20.4. The molecule has 2 heterocycles. The Morgan fingerprint density at radius 2 is 1.66 bits per heavy atom. The fourth-order valence-electron chi connectivity index (χ4n) is 3.53. The Kier molecular flexibility index (Phi) is 5.12. The van der Waals surface area contributed by atoms with Gasteiger partial charge in [0, 0.05) is 12.2 Å². The molecule has 1 aromatic heterocycles. The van der Waals surface area contributed by atoms with E-state index >= 15 is 0 Å². The van der Waals surface area contributed by atoms with Gasteiger partial charge in [-0.3, -0.25) is 9.59 Å². The van der Waals surface area contributed by atoms with Crippen LogP contribution in [0, 0.1) is 12.7 Å². The molecule has 0 aliphatic carbocycles. The van der Waals surface area contributed by atoms with E-state index in [0.717, 1.165) is 18.4 Å². The second-order valence-electron chi connectivity index (χ2n) is 7.04. The minimum atomic E-state index is -0.522. The zero-order valence-electron chi connectivity index (χ0n) is 16.0. The molecular formula is C22H21FN4O2. The van der Waals surface area contributed by atoms with Crippen LogP contribution in [0.4, 0.5) is 15.8 Å². The van der Waals surface area contributed by atoms with Gasteiger partial charge in [0.25, 0.3) is 11.8 Å². The quantitative estimate of drug-likeness (QED) is 0.700. The maximum atomic E-state index is 13.9. The highest BCUT2D eigenvalue weighted by atomic mass is 19.1. The number of amides is 2. The van der Waals surface area contributed by atoms with Crippen molar-refractivity contribution >= 4 is 23.2 Å². The van der Waals surface area contributed by atoms with E-state index in [0.29, 0.717) is 24.3 Å². The molecule has 3 aromatic rings. The first-order valence-electron chi connectivity index (χ1n) is 9.57. The van der Waals surface area contributed by atoms with Gasteiger partial charge < -0.3 is 15.2 Å². The van der Waals surface area contributed by atoms with E-state index in [1.807, 2.05) is 31.2 Å². The number of fused-ring (bicyclic) bond motifs is 1. The Labute approximate surface area is 167 Å². The standard InChI is InChI=1S/C22H21FN4O2/c1-14-8-2-4-10-16(14)24-22(29)20-26-19(18-12-6-7-13-27(18)20)21(28)25-17-11-5-3-9-15(17)23/h2-5,8-11H,6-7,12-13H2,1H3,(H,24,29)(H,25,28). The number of para-hydroxylation sites is 2. The number of anilines is 2. The number of hydrogen-bond donors (Lipinski definition) is 2. The fourth-order valence-corrected chi connectivity index (χ4v) is 3.53. The smallest absolute Gasteiger partial charge is 0.291 e. The van der Waals surface area contributed by atoms with Crippen LogP contribution in [0.15, 0.2) is 48.5 Å². The van der Waals surface area contributed by atoms with Crippen LogP contribution in [-0.2, 0) is 13.0 Å². The SMILES string of the molecule is Cc1ccccc1NC(=O)c1nc(C(=O)Nc2ccccc2F)c2n1CCCC2. The summed E-state index contributed by atoms with van der Waals surface area (Å²) in [6.45, 7) is 2.52. The third kappa shape index (κ3) is 3.76. The predicted octanol–water partition coefficient (Wildman–Crippen LogP) is 4.17. The summed E-state index contributed by atoms with van der Waals surface area (Å²) in [5.74, 6) is -1.21. The van der Waals surface area contributed by atoms with Crippen LogP contribution < -0.4 is 10.6 Å². The molecule has 7 heteroatoms. The molecule has 0 fully saturated rings. The van der Waals surface area contributed by atoms with Crippen molar-refractivity contribution in [3.05, 3.63) is 77.1 Å². The number of hydrogen-bond acceptors (Lipinski definition) is 3. The van der Waals surface area contributed by atoms with Crippen molar-refractivity contribution in [3.63, 3.8) is 0 Å². The lowest BCUT2D eigenvalue weighted by Crippen LogP contribution is -2.21. The molecular weight excluding hydrogens is 371 g/mol.